The number of amides is 1. The third-order valence-electron chi connectivity index (χ3n) is 4.75. The number of rotatable bonds is 3. The molecule has 0 atom stereocenters. The molecule has 8 heteroatoms. The van der Waals surface area contributed by atoms with Crippen molar-refractivity contribution in [2.75, 3.05) is 0 Å². The molecule has 130 valence electrons. The van der Waals surface area contributed by atoms with Gasteiger partial charge < -0.3 is 9.88 Å². The molecular formula is C16H23N5O3. The van der Waals surface area contributed by atoms with Crippen LogP contribution in [0.15, 0.2) is 15.9 Å². The molecule has 1 aliphatic rings. The molecule has 2 aromatic heterocycles. The summed E-state index contributed by atoms with van der Waals surface area (Å²) in [6.07, 6.45) is 8.19. The first-order valence-corrected chi connectivity index (χ1v) is 8.39. The lowest BCUT2D eigenvalue weighted by Gasteiger charge is -2.16. The first-order chi connectivity index (χ1) is 11.5. The van der Waals surface area contributed by atoms with E-state index in [9.17, 15) is 14.4 Å². The molecule has 8 nitrogen and oxygen atoms in total. The Balaban J connectivity index is 1.84. The van der Waals surface area contributed by atoms with Crippen molar-refractivity contribution >= 4 is 17.1 Å². The topological polar surface area (TPSA) is 90.9 Å². The minimum absolute atomic E-state index is 0.0282. The van der Waals surface area contributed by atoms with Gasteiger partial charge in [0.2, 0.25) is 5.91 Å². The molecule has 2 aromatic rings. The van der Waals surface area contributed by atoms with Gasteiger partial charge in [-0.25, -0.2) is 9.78 Å². The number of nitrogens with zero attached hydrogens (tertiary/aromatic N) is 4. The predicted molar refractivity (Wildman–Crippen MR) is 89.8 cm³/mol. The van der Waals surface area contributed by atoms with Crippen molar-refractivity contribution in [3.8, 4) is 0 Å². The molecule has 0 spiro atoms. The number of fused-ring (bicyclic) bond motifs is 1. The fourth-order valence-corrected chi connectivity index (χ4v) is 3.37. The zero-order valence-corrected chi connectivity index (χ0v) is 14.1. The highest BCUT2D eigenvalue weighted by Gasteiger charge is 2.18. The SMILES string of the molecule is Cn1c(=O)c2c(ncn2CC(=O)NC2CCCCCC2)n(C)c1=O. The largest absolute Gasteiger partial charge is 0.352 e. The summed E-state index contributed by atoms with van der Waals surface area (Å²) in [6.45, 7) is 0.0282. The molecule has 1 fully saturated rings. The second-order valence-corrected chi connectivity index (χ2v) is 6.51. The van der Waals surface area contributed by atoms with Gasteiger partial charge in [-0.2, -0.15) is 0 Å². The number of imidazole rings is 1. The maximum absolute atomic E-state index is 12.4. The number of hydrogen-bond acceptors (Lipinski definition) is 4. The molecular weight excluding hydrogens is 310 g/mol. The number of nitrogens with one attached hydrogen (secondary N) is 1. The van der Waals surface area contributed by atoms with Crippen molar-refractivity contribution < 1.29 is 4.79 Å². The van der Waals surface area contributed by atoms with Gasteiger partial charge in [-0.15, -0.1) is 0 Å². The van der Waals surface area contributed by atoms with Gasteiger partial charge >= 0.3 is 5.69 Å². The minimum atomic E-state index is -0.437. The highest BCUT2D eigenvalue weighted by Crippen LogP contribution is 2.17. The Morgan fingerprint density at radius 2 is 1.83 bits per heavy atom. The normalized spacial score (nSPS) is 16.2. The van der Waals surface area contributed by atoms with Gasteiger partial charge in [-0.3, -0.25) is 18.7 Å². The van der Waals surface area contributed by atoms with E-state index in [1.807, 2.05) is 0 Å². The van der Waals surface area contributed by atoms with Crippen LogP contribution in [0.4, 0.5) is 0 Å². The van der Waals surface area contributed by atoms with Crippen LogP contribution in [-0.2, 0) is 25.4 Å². The summed E-state index contributed by atoms with van der Waals surface area (Å²) in [4.78, 5) is 40.8. The maximum atomic E-state index is 12.4. The van der Waals surface area contributed by atoms with Crippen LogP contribution in [0.3, 0.4) is 0 Å². The van der Waals surface area contributed by atoms with Gasteiger partial charge in [-0.1, -0.05) is 25.7 Å². The van der Waals surface area contributed by atoms with Gasteiger partial charge in [-0.05, 0) is 12.8 Å². The Bertz CT molecular complexity index is 868. The predicted octanol–water partition coefficient (Wildman–Crippen LogP) is 0.273. The quantitative estimate of drug-likeness (QED) is 0.817. The summed E-state index contributed by atoms with van der Waals surface area (Å²) in [5.41, 5.74) is -0.297. The fraction of sp³-hybridized carbons (Fsp3) is 0.625. The van der Waals surface area contributed by atoms with Gasteiger partial charge in [0.25, 0.3) is 5.56 Å². The Labute approximate surface area is 139 Å². The van der Waals surface area contributed by atoms with E-state index in [2.05, 4.69) is 10.3 Å². The maximum Gasteiger partial charge on any atom is 0.332 e. The third-order valence-corrected chi connectivity index (χ3v) is 4.75. The molecule has 1 amide bonds. The van der Waals surface area contributed by atoms with Gasteiger partial charge in [0, 0.05) is 20.1 Å². The summed E-state index contributed by atoms with van der Waals surface area (Å²) in [7, 11) is 2.99. The monoisotopic (exact) mass is 333 g/mol. The smallest absolute Gasteiger partial charge is 0.332 e. The number of aryl methyl sites for hydroxylation is 1. The Hall–Kier alpha value is -2.38. The lowest BCUT2D eigenvalue weighted by Crippen LogP contribution is -2.39. The fourth-order valence-electron chi connectivity index (χ4n) is 3.37. The molecule has 0 saturated heterocycles. The van der Waals surface area contributed by atoms with Crippen LogP contribution in [0, 0.1) is 0 Å². The summed E-state index contributed by atoms with van der Waals surface area (Å²) in [5, 5.41) is 3.06. The van der Waals surface area contributed by atoms with E-state index in [0.29, 0.717) is 5.65 Å². The summed E-state index contributed by atoms with van der Waals surface area (Å²) in [6, 6.07) is 0.210. The molecule has 1 saturated carbocycles. The molecule has 2 heterocycles. The second-order valence-electron chi connectivity index (χ2n) is 6.51. The number of hydrogen-bond donors (Lipinski definition) is 1. The Kier molecular flexibility index (Phi) is 4.55. The summed E-state index contributed by atoms with van der Waals surface area (Å²) < 4.78 is 3.86. The summed E-state index contributed by atoms with van der Waals surface area (Å²) >= 11 is 0. The third kappa shape index (κ3) is 3.00. The zero-order valence-electron chi connectivity index (χ0n) is 14.1. The first-order valence-electron chi connectivity index (χ1n) is 8.39. The molecule has 0 aliphatic heterocycles. The number of carbonyl (C=O) groups is 1. The average molecular weight is 333 g/mol. The Morgan fingerprint density at radius 1 is 1.17 bits per heavy atom. The molecule has 3 rings (SSSR count). The standard InChI is InChI=1S/C16H23N5O3/c1-19-14-13(15(23)20(2)16(19)24)21(10-17-14)9-12(22)18-11-7-5-3-4-6-8-11/h10-11H,3-9H2,1-2H3,(H,18,22). The molecule has 24 heavy (non-hydrogen) atoms. The van der Waals surface area contributed by atoms with E-state index in [4.69, 9.17) is 0 Å². The van der Waals surface area contributed by atoms with Gasteiger partial charge in [0.1, 0.15) is 6.54 Å². The lowest BCUT2D eigenvalue weighted by molar-refractivity contribution is -0.122. The summed E-state index contributed by atoms with van der Waals surface area (Å²) in [5.74, 6) is -0.128. The van der Waals surface area contributed by atoms with Crippen LogP contribution < -0.4 is 16.6 Å². The lowest BCUT2D eigenvalue weighted by atomic mass is 10.1. The van der Waals surface area contributed by atoms with Crippen LogP contribution in [0.5, 0.6) is 0 Å². The number of aromatic nitrogens is 4. The van der Waals surface area contributed by atoms with Crippen molar-refractivity contribution in [2.24, 2.45) is 14.1 Å². The van der Waals surface area contributed by atoms with E-state index in [0.717, 1.165) is 30.3 Å². The van der Waals surface area contributed by atoms with Gasteiger partial charge in [0.15, 0.2) is 11.2 Å². The van der Waals surface area contributed by atoms with Gasteiger partial charge in [0.05, 0.1) is 6.33 Å². The van der Waals surface area contributed by atoms with Crippen LogP contribution in [0.1, 0.15) is 38.5 Å². The second kappa shape index (κ2) is 6.62. The molecule has 1 aliphatic carbocycles. The van der Waals surface area contributed by atoms with E-state index < -0.39 is 11.2 Å². The van der Waals surface area contributed by atoms with Crippen molar-refractivity contribution in [1.29, 1.82) is 0 Å². The molecule has 0 radical (unpaired) electrons. The minimum Gasteiger partial charge on any atom is -0.352 e. The highest BCUT2D eigenvalue weighted by atomic mass is 16.2. The number of carbonyl (C=O) groups excluding carboxylic acids is 1. The highest BCUT2D eigenvalue weighted by molar-refractivity contribution is 5.79. The zero-order chi connectivity index (χ0) is 17.3. The van der Waals surface area contributed by atoms with Crippen LogP contribution in [0.2, 0.25) is 0 Å². The Morgan fingerprint density at radius 3 is 2.50 bits per heavy atom. The van der Waals surface area contributed by atoms with Crippen LogP contribution >= 0.6 is 0 Å². The molecule has 0 aromatic carbocycles. The van der Waals surface area contributed by atoms with Crippen molar-refractivity contribution in [3.63, 3.8) is 0 Å². The van der Waals surface area contributed by atoms with Crippen molar-refractivity contribution in [1.82, 2.24) is 24.0 Å². The molecule has 1 N–H and O–H groups in total. The molecule has 0 unspecified atom stereocenters. The average Bonchev–Trinajstić information content (AvgIpc) is 2.79. The van der Waals surface area contributed by atoms with Crippen molar-refractivity contribution in [3.05, 3.63) is 27.2 Å². The van der Waals surface area contributed by atoms with E-state index >= 15 is 0 Å². The van der Waals surface area contributed by atoms with Crippen molar-refractivity contribution in [2.45, 2.75) is 51.1 Å². The van der Waals surface area contributed by atoms with E-state index in [-0.39, 0.29) is 24.0 Å². The van der Waals surface area contributed by atoms with E-state index in [1.54, 1.807) is 7.05 Å². The van der Waals surface area contributed by atoms with Crippen LogP contribution in [0.25, 0.3) is 11.2 Å². The van der Waals surface area contributed by atoms with Crippen LogP contribution in [-0.4, -0.2) is 30.6 Å². The molecule has 0 bridgehead atoms. The first kappa shape index (κ1) is 16.5. The van der Waals surface area contributed by atoms with E-state index in [1.165, 1.54) is 35.4 Å².